The molecule has 7 heteroatoms. The molecular weight excluding hydrogens is 394 g/mol. The Bertz CT molecular complexity index is 1020. The van der Waals surface area contributed by atoms with Crippen molar-refractivity contribution in [2.75, 3.05) is 13.1 Å². The van der Waals surface area contributed by atoms with Gasteiger partial charge in [-0.05, 0) is 45.6 Å². The van der Waals surface area contributed by atoms with Gasteiger partial charge in [0.1, 0.15) is 22.0 Å². The van der Waals surface area contributed by atoms with Crippen LogP contribution in [0.2, 0.25) is 0 Å². The zero-order valence-electron chi connectivity index (χ0n) is 18.1. The molecule has 0 aliphatic carbocycles. The van der Waals surface area contributed by atoms with E-state index in [0.29, 0.717) is 12.6 Å². The van der Waals surface area contributed by atoms with Crippen molar-refractivity contribution in [1.29, 1.82) is 0 Å². The number of carbonyl (C=O) groups excluding carboxylic acids is 1. The average molecular weight is 424 g/mol. The van der Waals surface area contributed by atoms with Gasteiger partial charge >= 0.3 is 0 Å². The predicted molar refractivity (Wildman–Crippen MR) is 120 cm³/mol. The highest BCUT2D eigenvalue weighted by atomic mass is 32.1. The summed E-state index contributed by atoms with van der Waals surface area (Å²) in [5.41, 5.74) is 3.19. The fraction of sp³-hybridized carbons (Fsp3) is 0.478. The molecule has 0 spiro atoms. The van der Waals surface area contributed by atoms with Crippen LogP contribution in [0.25, 0.3) is 10.6 Å². The largest absolute Gasteiger partial charge is 0.337 e. The molecular formula is C23H29N5OS. The van der Waals surface area contributed by atoms with E-state index in [9.17, 15) is 4.79 Å². The van der Waals surface area contributed by atoms with Crippen molar-refractivity contribution in [3.63, 3.8) is 0 Å². The van der Waals surface area contributed by atoms with Crippen molar-refractivity contribution in [2.24, 2.45) is 0 Å². The van der Waals surface area contributed by atoms with Gasteiger partial charge in [0.2, 0.25) is 0 Å². The molecule has 1 fully saturated rings. The summed E-state index contributed by atoms with van der Waals surface area (Å²) in [5.74, 6) is 1.30. The number of nitrogens with zero attached hydrogens (tertiary/aromatic N) is 5. The second kappa shape index (κ2) is 8.68. The van der Waals surface area contributed by atoms with Crippen molar-refractivity contribution in [2.45, 2.75) is 58.9 Å². The number of aryl methyl sites for hydroxylation is 2. The molecule has 30 heavy (non-hydrogen) atoms. The zero-order chi connectivity index (χ0) is 21.3. The maximum atomic E-state index is 13.4. The van der Waals surface area contributed by atoms with Gasteiger partial charge in [-0.25, -0.2) is 4.98 Å². The number of benzene rings is 1. The number of carbonyl (C=O) groups is 1. The van der Waals surface area contributed by atoms with E-state index in [-0.39, 0.29) is 11.8 Å². The molecule has 1 aliphatic heterocycles. The molecule has 2 aromatic heterocycles. The highest BCUT2D eigenvalue weighted by Crippen LogP contribution is 2.32. The van der Waals surface area contributed by atoms with Crippen LogP contribution in [0.15, 0.2) is 30.6 Å². The summed E-state index contributed by atoms with van der Waals surface area (Å²) in [6.07, 6.45) is 4.82. The normalized spacial score (nSPS) is 17.0. The number of aromatic nitrogens is 4. The van der Waals surface area contributed by atoms with E-state index in [1.165, 1.54) is 16.9 Å². The molecule has 1 atom stereocenters. The molecule has 4 rings (SSSR count). The van der Waals surface area contributed by atoms with Crippen LogP contribution in [-0.4, -0.2) is 43.6 Å². The van der Waals surface area contributed by atoms with E-state index in [1.807, 2.05) is 11.8 Å². The smallest absolute Gasteiger partial charge is 0.265 e. The van der Waals surface area contributed by atoms with Crippen LogP contribution >= 0.6 is 11.3 Å². The molecule has 3 heterocycles. The third-order valence-electron chi connectivity index (χ3n) is 5.83. The number of piperidine rings is 1. The molecule has 6 nitrogen and oxygen atoms in total. The molecule has 0 saturated carbocycles. The van der Waals surface area contributed by atoms with Crippen LogP contribution in [0.5, 0.6) is 0 Å². The summed E-state index contributed by atoms with van der Waals surface area (Å²) in [4.78, 5) is 20.8. The Morgan fingerprint density at radius 3 is 2.73 bits per heavy atom. The Balaban J connectivity index is 1.54. The maximum absolute atomic E-state index is 13.4. The Kier molecular flexibility index (Phi) is 5.99. The number of likely N-dealkylation sites (tertiary alicyclic amines) is 1. The first-order chi connectivity index (χ1) is 14.5. The maximum Gasteiger partial charge on any atom is 0.265 e. The topological polar surface area (TPSA) is 63.9 Å². The van der Waals surface area contributed by atoms with Gasteiger partial charge in [0.25, 0.3) is 5.91 Å². The quantitative estimate of drug-likeness (QED) is 0.587. The van der Waals surface area contributed by atoms with Gasteiger partial charge in [-0.2, -0.15) is 0 Å². The molecule has 0 N–H and O–H groups in total. The van der Waals surface area contributed by atoms with E-state index >= 15 is 0 Å². The Morgan fingerprint density at radius 2 is 2.03 bits per heavy atom. The molecule has 1 aliphatic rings. The second-order valence-corrected chi connectivity index (χ2v) is 9.26. The van der Waals surface area contributed by atoms with Crippen molar-refractivity contribution < 1.29 is 4.79 Å². The summed E-state index contributed by atoms with van der Waals surface area (Å²) >= 11 is 1.50. The summed E-state index contributed by atoms with van der Waals surface area (Å²) in [6.45, 7) is 9.81. The third-order valence-corrected chi connectivity index (χ3v) is 7.03. The van der Waals surface area contributed by atoms with Crippen molar-refractivity contribution >= 4 is 17.2 Å². The van der Waals surface area contributed by atoms with E-state index < -0.39 is 0 Å². The molecule has 0 radical (unpaired) electrons. The van der Waals surface area contributed by atoms with Gasteiger partial charge < -0.3 is 9.47 Å². The van der Waals surface area contributed by atoms with Crippen molar-refractivity contribution in [3.05, 3.63) is 52.6 Å². The van der Waals surface area contributed by atoms with Crippen LogP contribution in [0.3, 0.4) is 0 Å². The van der Waals surface area contributed by atoms with Gasteiger partial charge in [-0.15, -0.1) is 21.5 Å². The summed E-state index contributed by atoms with van der Waals surface area (Å²) < 4.78 is 2.12. The van der Waals surface area contributed by atoms with Crippen LogP contribution in [0, 0.1) is 6.92 Å². The molecule has 3 aromatic rings. The number of rotatable bonds is 5. The van der Waals surface area contributed by atoms with Gasteiger partial charge in [-0.1, -0.05) is 31.2 Å². The van der Waals surface area contributed by atoms with E-state index in [0.717, 1.165) is 52.8 Å². The SMILES string of the molecule is CCc1ccc(-c2nc(C)c(C(=O)N3CCCC(c4nncn4C(C)C)C3)s2)cc1. The van der Waals surface area contributed by atoms with Crippen LogP contribution in [0.1, 0.15) is 72.3 Å². The van der Waals surface area contributed by atoms with Crippen molar-refractivity contribution in [1.82, 2.24) is 24.6 Å². The second-order valence-electron chi connectivity index (χ2n) is 8.26. The van der Waals surface area contributed by atoms with Crippen LogP contribution in [0.4, 0.5) is 0 Å². The average Bonchev–Trinajstić information content (AvgIpc) is 3.40. The van der Waals surface area contributed by atoms with E-state index in [2.05, 4.69) is 59.8 Å². The Hall–Kier alpha value is -2.54. The first-order valence-electron chi connectivity index (χ1n) is 10.7. The highest BCUT2D eigenvalue weighted by molar-refractivity contribution is 7.17. The predicted octanol–water partition coefficient (Wildman–Crippen LogP) is 4.87. The lowest BCUT2D eigenvalue weighted by atomic mass is 9.96. The number of thiazole rings is 1. The zero-order valence-corrected chi connectivity index (χ0v) is 18.9. The van der Waals surface area contributed by atoms with Crippen LogP contribution < -0.4 is 0 Å². The fourth-order valence-electron chi connectivity index (χ4n) is 4.06. The fourth-order valence-corrected chi connectivity index (χ4v) is 5.10. The molecule has 1 saturated heterocycles. The highest BCUT2D eigenvalue weighted by Gasteiger charge is 2.30. The first-order valence-corrected chi connectivity index (χ1v) is 11.5. The minimum atomic E-state index is 0.0849. The number of hydrogen-bond acceptors (Lipinski definition) is 5. The minimum Gasteiger partial charge on any atom is -0.337 e. The van der Waals surface area contributed by atoms with E-state index in [4.69, 9.17) is 4.98 Å². The minimum absolute atomic E-state index is 0.0849. The summed E-state index contributed by atoms with van der Waals surface area (Å²) in [6, 6.07) is 8.77. The van der Waals surface area contributed by atoms with Gasteiger partial charge in [0.05, 0.1) is 5.69 Å². The van der Waals surface area contributed by atoms with Gasteiger partial charge in [0.15, 0.2) is 0 Å². The molecule has 1 amide bonds. The number of hydrogen-bond donors (Lipinski definition) is 0. The third kappa shape index (κ3) is 4.03. The molecule has 1 aromatic carbocycles. The van der Waals surface area contributed by atoms with Crippen LogP contribution in [-0.2, 0) is 6.42 Å². The lowest BCUT2D eigenvalue weighted by molar-refractivity contribution is 0.0707. The van der Waals surface area contributed by atoms with Crippen molar-refractivity contribution in [3.8, 4) is 10.6 Å². The summed E-state index contributed by atoms with van der Waals surface area (Å²) in [5, 5.41) is 9.39. The van der Waals surface area contributed by atoms with Gasteiger partial charge in [0, 0.05) is 30.6 Å². The monoisotopic (exact) mass is 423 g/mol. The van der Waals surface area contributed by atoms with Gasteiger partial charge in [-0.3, -0.25) is 4.79 Å². The lowest BCUT2D eigenvalue weighted by Gasteiger charge is -2.32. The standard InChI is InChI=1S/C23H29N5OS/c1-5-17-8-10-18(11-9-17)22-25-16(4)20(30-22)23(29)27-12-6-7-19(13-27)21-26-24-14-28(21)15(2)3/h8-11,14-15,19H,5-7,12-13H2,1-4H3. The van der Waals surface area contributed by atoms with E-state index in [1.54, 1.807) is 6.33 Å². The summed E-state index contributed by atoms with van der Waals surface area (Å²) in [7, 11) is 0. The molecule has 0 bridgehead atoms. The Morgan fingerprint density at radius 1 is 1.27 bits per heavy atom. The first kappa shape index (κ1) is 20.7. The molecule has 1 unspecified atom stereocenters. The molecule has 158 valence electrons. The Labute approximate surface area is 182 Å². The lowest BCUT2D eigenvalue weighted by Crippen LogP contribution is -2.39. The number of amides is 1.